The molecule has 0 aromatic rings. The Balaban J connectivity index is 2.24. The third kappa shape index (κ3) is 7.46. The van der Waals surface area contributed by atoms with E-state index in [-0.39, 0.29) is 23.3 Å². The molecule has 1 amide bonds. The molecule has 5 nitrogen and oxygen atoms in total. The molecule has 0 aromatic carbocycles. The quantitative estimate of drug-likeness (QED) is 0.641. The van der Waals surface area contributed by atoms with Gasteiger partial charge in [0.2, 0.25) is 5.91 Å². The summed E-state index contributed by atoms with van der Waals surface area (Å²) >= 11 is 0. The Morgan fingerprint density at radius 1 is 1.19 bits per heavy atom. The van der Waals surface area contributed by atoms with Crippen LogP contribution >= 0.6 is 0 Å². The van der Waals surface area contributed by atoms with Crippen molar-refractivity contribution in [3.63, 3.8) is 0 Å². The third-order valence-electron chi connectivity index (χ3n) is 4.50. The zero-order chi connectivity index (χ0) is 15.9. The van der Waals surface area contributed by atoms with Crippen LogP contribution in [0, 0.1) is 5.41 Å². The summed E-state index contributed by atoms with van der Waals surface area (Å²) in [7, 11) is 0. The average molecular weight is 298 g/mol. The minimum Gasteiger partial charge on any atom is -0.481 e. The van der Waals surface area contributed by atoms with Crippen molar-refractivity contribution in [2.24, 2.45) is 11.1 Å². The Hall–Kier alpha value is -1.10. The molecule has 0 radical (unpaired) electrons. The Morgan fingerprint density at radius 2 is 1.81 bits per heavy atom. The number of hydrogen-bond donors (Lipinski definition) is 3. The van der Waals surface area contributed by atoms with Crippen molar-refractivity contribution >= 4 is 11.9 Å². The molecule has 5 heteroatoms. The number of rotatable bonds is 8. The van der Waals surface area contributed by atoms with E-state index in [1.165, 1.54) is 6.42 Å². The molecule has 1 aliphatic rings. The fourth-order valence-corrected chi connectivity index (χ4v) is 2.93. The number of amides is 1. The van der Waals surface area contributed by atoms with Crippen LogP contribution in [-0.4, -0.2) is 29.1 Å². The number of carbonyl (C=O) groups is 2. The van der Waals surface area contributed by atoms with Crippen molar-refractivity contribution in [3.05, 3.63) is 0 Å². The van der Waals surface area contributed by atoms with Crippen LogP contribution in [0.25, 0.3) is 0 Å². The third-order valence-corrected chi connectivity index (χ3v) is 4.50. The molecule has 0 atom stereocenters. The molecule has 0 saturated heterocycles. The van der Waals surface area contributed by atoms with Crippen LogP contribution in [0.15, 0.2) is 0 Å². The number of hydrogen-bond acceptors (Lipinski definition) is 3. The molecule has 1 rings (SSSR count). The fourth-order valence-electron chi connectivity index (χ4n) is 2.93. The molecule has 0 aliphatic heterocycles. The number of nitrogens with one attached hydrogen (secondary N) is 1. The summed E-state index contributed by atoms with van der Waals surface area (Å²) in [6.45, 7) is 4.66. The number of carboxylic acids is 1. The van der Waals surface area contributed by atoms with Crippen molar-refractivity contribution < 1.29 is 14.7 Å². The molecule has 4 N–H and O–H groups in total. The van der Waals surface area contributed by atoms with E-state index in [0.717, 1.165) is 32.1 Å². The number of carbonyl (C=O) groups excluding carboxylic acids is 1. The van der Waals surface area contributed by atoms with Gasteiger partial charge >= 0.3 is 5.97 Å². The van der Waals surface area contributed by atoms with Gasteiger partial charge in [0.25, 0.3) is 0 Å². The van der Waals surface area contributed by atoms with E-state index in [9.17, 15) is 9.59 Å². The lowest BCUT2D eigenvalue weighted by Gasteiger charge is -2.33. The highest BCUT2D eigenvalue weighted by molar-refractivity contribution is 5.77. The summed E-state index contributed by atoms with van der Waals surface area (Å²) in [5.74, 6) is -0.747. The molecule has 1 aliphatic carbocycles. The number of nitrogens with two attached hydrogens (primary N) is 1. The van der Waals surface area contributed by atoms with Gasteiger partial charge in [0, 0.05) is 24.9 Å². The lowest BCUT2D eigenvalue weighted by atomic mass is 9.80. The molecule has 21 heavy (non-hydrogen) atoms. The topological polar surface area (TPSA) is 92.4 Å². The van der Waals surface area contributed by atoms with Gasteiger partial charge in [-0.15, -0.1) is 0 Å². The largest absolute Gasteiger partial charge is 0.481 e. The fraction of sp³-hybridized carbons (Fsp3) is 0.875. The van der Waals surface area contributed by atoms with Crippen molar-refractivity contribution in [2.45, 2.75) is 77.2 Å². The Bertz CT molecular complexity index is 361. The van der Waals surface area contributed by atoms with E-state index in [1.807, 2.05) is 13.8 Å². The van der Waals surface area contributed by atoms with E-state index >= 15 is 0 Å². The SMILES string of the molecule is CC(C)(CCNC(=O)CC1(N)CCCCC1)CCC(=O)O. The predicted molar refractivity (Wildman–Crippen MR) is 82.9 cm³/mol. The molecule has 0 unspecified atom stereocenters. The number of aliphatic carboxylic acids is 1. The normalized spacial score (nSPS) is 18.2. The highest BCUT2D eigenvalue weighted by Crippen LogP contribution is 2.29. The monoisotopic (exact) mass is 298 g/mol. The van der Waals surface area contributed by atoms with Gasteiger partial charge in [-0.2, -0.15) is 0 Å². The van der Waals surface area contributed by atoms with Crippen LogP contribution in [0.4, 0.5) is 0 Å². The molecule has 0 spiro atoms. The Kier molecular flexibility index (Phi) is 6.65. The molecule has 0 heterocycles. The summed E-state index contributed by atoms with van der Waals surface area (Å²) in [6.07, 6.45) is 7.31. The Labute approximate surface area is 127 Å². The smallest absolute Gasteiger partial charge is 0.303 e. The first-order chi connectivity index (χ1) is 9.72. The summed E-state index contributed by atoms with van der Waals surface area (Å²) in [5.41, 5.74) is 5.88. The maximum atomic E-state index is 12.0. The lowest BCUT2D eigenvalue weighted by molar-refractivity contribution is -0.137. The average Bonchev–Trinajstić information content (AvgIpc) is 2.36. The minimum absolute atomic E-state index is 0.0217. The van der Waals surface area contributed by atoms with E-state index in [1.54, 1.807) is 0 Å². The van der Waals surface area contributed by atoms with Gasteiger partial charge in [-0.25, -0.2) is 0 Å². The molecule has 0 aromatic heterocycles. The summed E-state index contributed by atoms with van der Waals surface area (Å²) in [6, 6.07) is 0. The maximum absolute atomic E-state index is 12.0. The van der Waals surface area contributed by atoms with E-state index < -0.39 is 5.97 Å². The van der Waals surface area contributed by atoms with Crippen molar-refractivity contribution in [3.8, 4) is 0 Å². The highest BCUT2D eigenvalue weighted by Gasteiger charge is 2.30. The molecule has 122 valence electrons. The molecular formula is C16H30N2O3. The molecule has 0 bridgehead atoms. The zero-order valence-corrected chi connectivity index (χ0v) is 13.4. The van der Waals surface area contributed by atoms with Gasteiger partial charge in [0.05, 0.1) is 0 Å². The van der Waals surface area contributed by atoms with E-state index in [2.05, 4.69) is 5.32 Å². The maximum Gasteiger partial charge on any atom is 0.303 e. The first-order valence-corrected chi connectivity index (χ1v) is 8.00. The first-order valence-electron chi connectivity index (χ1n) is 8.00. The second-order valence-electron chi connectivity index (χ2n) is 7.26. The second-order valence-corrected chi connectivity index (χ2v) is 7.26. The lowest BCUT2D eigenvalue weighted by Crippen LogP contribution is -2.46. The van der Waals surface area contributed by atoms with Crippen LogP contribution in [0.2, 0.25) is 0 Å². The molecule has 1 saturated carbocycles. The minimum atomic E-state index is -0.769. The van der Waals surface area contributed by atoms with Gasteiger partial charge in [0.1, 0.15) is 0 Å². The van der Waals surface area contributed by atoms with E-state index in [0.29, 0.717) is 19.4 Å². The van der Waals surface area contributed by atoms with Crippen LogP contribution < -0.4 is 11.1 Å². The van der Waals surface area contributed by atoms with Gasteiger partial charge in [0.15, 0.2) is 0 Å². The van der Waals surface area contributed by atoms with Crippen LogP contribution in [0.1, 0.15) is 71.6 Å². The van der Waals surface area contributed by atoms with Crippen molar-refractivity contribution in [1.29, 1.82) is 0 Å². The van der Waals surface area contributed by atoms with Crippen LogP contribution in [-0.2, 0) is 9.59 Å². The predicted octanol–water partition coefficient (Wildman–Crippen LogP) is 2.44. The highest BCUT2D eigenvalue weighted by atomic mass is 16.4. The van der Waals surface area contributed by atoms with Gasteiger partial charge in [-0.1, -0.05) is 33.1 Å². The zero-order valence-electron chi connectivity index (χ0n) is 13.4. The Morgan fingerprint density at radius 3 is 2.38 bits per heavy atom. The standard InChI is InChI=1S/C16H30N2O3/c1-15(2,9-6-14(20)21)10-11-18-13(19)12-16(17)7-4-3-5-8-16/h3-12,17H2,1-2H3,(H,18,19)(H,20,21). The van der Waals surface area contributed by atoms with Gasteiger partial charge in [-0.05, 0) is 31.1 Å². The van der Waals surface area contributed by atoms with Crippen molar-refractivity contribution in [2.75, 3.05) is 6.54 Å². The summed E-state index contributed by atoms with van der Waals surface area (Å²) in [4.78, 5) is 22.6. The van der Waals surface area contributed by atoms with Gasteiger partial charge < -0.3 is 16.2 Å². The summed E-state index contributed by atoms with van der Waals surface area (Å²) in [5, 5.41) is 11.7. The second kappa shape index (κ2) is 7.78. The number of carboxylic acid groups (broad SMARTS) is 1. The molecular weight excluding hydrogens is 268 g/mol. The van der Waals surface area contributed by atoms with Crippen LogP contribution in [0.3, 0.4) is 0 Å². The van der Waals surface area contributed by atoms with E-state index in [4.69, 9.17) is 10.8 Å². The first kappa shape index (κ1) is 18.0. The van der Waals surface area contributed by atoms with Gasteiger partial charge in [-0.3, -0.25) is 9.59 Å². The van der Waals surface area contributed by atoms with Crippen LogP contribution in [0.5, 0.6) is 0 Å². The van der Waals surface area contributed by atoms with Crippen molar-refractivity contribution in [1.82, 2.24) is 5.32 Å². The summed E-state index contributed by atoms with van der Waals surface area (Å²) < 4.78 is 0. The molecule has 1 fully saturated rings.